The quantitative estimate of drug-likeness (QED) is 0.602. The molecule has 1 aromatic carbocycles. The largest absolute Gasteiger partial charge is 0.485 e. The number of carbonyl (C=O) groups is 1. The summed E-state index contributed by atoms with van der Waals surface area (Å²) in [5, 5.41) is 0.189. The van der Waals surface area contributed by atoms with Gasteiger partial charge in [-0.05, 0) is 25.1 Å². The van der Waals surface area contributed by atoms with Crippen LogP contribution in [0.15, 0.2) is 30.4 Å². The maximum absolute atomic E-state index is 13.2. The first kappa shape index (κ1) is 13.5. The van der Waals surface area contributed by atoms with Gasteiger partial charge in [0, 0.05) is 6.08 Å². The van der Waals surface area contributed by atoms with Crippen molar-refractivity contribution in [2.75, 3.05) is 13.2 Å². The molecule has 0 fully saturated rings. The lowest BCUT2D eigenvalue weighted by atomic mass is 10.3. The normalized spacial score (nSPS) is 10.5. The zero-order valence-electron chi connectivity index (χ0n) is 9.28. The summed E-state index contributed by atoms with van der Waals surface area (Å²) in [5.74, 6) is -1.03. The molecule has 3 nitrogen and oxygen atoms in total. The molecule has 5 heteroatoms. The first-order valence-corrected chi connectivity index (χ1v) is 5.43. The minimum atomic E-state index is -0.540. The van der Waals surface area contributed by atoms with Crippen LogP contribution >= 0.6 is 11.6 Å². The van der Waals surface area contributed by atoms with E-state index >= 15 is 0 Å². The Morgan fingerprint density at radius 3 is 2.94 bits per heavy atom. The highest BCUT2D eigenvalue weighted by Crippen LogP contribution is 2.26. The molecule has 0 amide bonds. The summed E-state index contributed by atoms with van der Waals surface area (Å²) in [6.07, 6.45) is 2.65. The third-order valence-corrected chi connectivity index (χ3v) is 2.08. The molecular weight excluding hydrogens is 247 g/mol. The molecule has 0 spiro atoms. The van der Waals surface area contributed by atoms with Crippen molar-refractivity contribution in [3.63, 3.8) is 0 Å². The van der Waals surface area contributed by atoms with E-state index in [1.807, 2.05) is 0 Å². The zero-order valence-corrected chi connectivity index (χ0v) is 10.0. The summed E-state index contributed by atoms with van der Waals surface area (Å²) in [6, 6.07) is 4.25. The van der Waals surface area contributed by atoms with E-state index in [2.05, 4.69) is 4.74 Å². The molecule has 0 atom stereocenters. The van der Waals surface area contributed by atoms with Gasteiger partial charge in [-0.3, -0.25) is 0 Å². The molecule has 0 saturated carbocycles. The van der Waals surface area contributed by atoms with E-state index in [4.69, 9.17) is 16.3 Å². The average molecular weight is 259 g/mol. The first-order chi connectivity index (χ1) is 8.15. The van der Waals surface area contributed by atoms with Gasteiger partial charge in [0.15, 0.2) is 11.6 Å². The van der Waals surface area contributed by atoms with Gasteiger partial charge in [-0.25, -0.2) is 9.18 Å². The number of benzene rings is 1. The molecule has 0 radical (unpaired) electrons. The Balaban J connectivity index is 2.49. The second kappa shape index (κ2) is 6.91. The van der Waals surface area contributed by atoms with Gasteiger partial charge < -0.3 is 9.47 Å². The van der Waals surface area contributed by atoms with E-state index in [-0.39, 0.29) is 17.4 Å². The number of carbonyl (C=O) groups excluding carboxylic acids is 1. The standard InChI is InChI=1S/C12H12ClFO3/c1-2-16-11(15)7-4-8-17-12-9(13)5-3-6-10(12)14/h3-7H,2,8H2,1H3/b7-4+. The van der Waals surface area contributed by atoms with Crippen LogP contribution in [0.1, 0.15) is 6.92 Å². The monoisotopic (exact) mass is 258 g/mol. The number of hydrogen-bond donors (Lipinski definition) is 0. The molecule has 0 aliphatic carbocycles. The lowest BCUT2D eigenvalue weighted by Crippen LogP contribution is -2.01. The van der Waals surface area contributed by atoms with Crippen LogP contribution in [-0.4, -0.2) is 19.2 Å². The molecule has 1 aromatic rings. The molecular formula is C12H12ClFO3. The summed E-state index contributed by atoms with van der Waals surface area (Å²) < 4.78 is 23.0. The summed E-state index contributed by atoms with van der Waals surface area (Å²) in [5.41, 5.74) is 0. The molecule has 1 rings (SSSR count). The van der Waals surface area contributed by atoms with Crippen LogP contribution < -0.4 is 4.74 Å². The highest BCUT2D eigenvalue weighted by molar-refractivity contribution is 6.32. The fraction of sp³-hybridized carbons (Fsp3) is 0.250. The lowest BCUT2D eigenvalue weighted by Gasteiger charge is -2.05. The Labute approximate surface area is 104 Å². The molecule has 0 aliphatic rings. The van der Waals surface area contributed by atoms with Crippen LogP contribution in [0.25, 0.3) is 0 Å². The minimum absolute atomic E-state index is 0.0253. The van der Waals surface area contributed by atoms with Gasteiger partial charge in [-0.15, -0.1) is 0 Å². The van der Waals surface area contributed by atoms with Gasteiger partial charge in [-0.2, -0.15) is 0 Å². The maximum atomic E-state index is 13.2. The Hall–Kier alpha value is -1.55. The zero-order chi connectivity index (χ0) is 12.7. The first-order valence-electron chi connectivity index (χ1n) is 5.05. The number of halogens is 2. The van der Waals surface area contributed by atoms with Crippen LogP contribution in [0.4, 0.5) is 4.39 Å². The highest BCUT2D eigenvalue weighted by Gasteiger charge is 2.06. The number of ether oxygens (including phenoxy) is 2. The molecule has 17 heavy (non-hydrogen) atoms. The van der Waals surface area contributed by atoms with Crippen LogP contribution in [0.5, 0.6) is 5.75 Å². The molecule has 0 aromatic heterocycles. The van der Waals surface area contributed by atoms with Crippen LogP contribution in [-0.2, 0) is 9.53 Å². The molecule has 0 saturated heterocycles. The number of esters is 1. The summed E-state index contributed by atoms with van der Waals surface area (Å²) in [4.78, 5) is 10.9. The van der Waals surface area contributed by atoms with Crippen molar-refractivity contribution in [1.82, 2.24) is 0 Å². The van der Waals surface area contributed by atoms with E-state index in [1.54, 1.807) is 6.92 Å². The fourth-order valence-electron chi connectivity index (χ4n) is 1.09. The van der Waals surface area contributed by atoms with Crippen molar-refractivity contribution in [1.29, 1.82) is 0 Å². The van der Waals surface area contributed by atoms with Crippen LogP contribution in [0.2, 0.25) is 5.02 Å². The Bertz CT molecular complexity index is 398. The van der Waals surface area contributed by atoms with E-state index < -0.39 is 11.8 Å². The predicted molar refractivity (Wildman–Crippen MR) is 62.7 cm³/mol. The third-order valence-electron chi connectivity index (χ3n) is 1.78. The molecule has 0 bridgehead atoms. The lowest BCUT2D eigenvalue weighted by molar-refractivity contribution is -0.137. The van der Waals surface area contributed by atoms with Gasteiger partial charge in [0.25, 0.3) is 0 Å². The number of hydrogen-bond acceptors (Lipinski definition) is 3. The van der Waals surface area contributed by atoms with Gasteiger partial charge in [0.1, 0.15) is 6.61 Å². The van der Waals surface area contributed by atoms with E-state index in [9.17, 15) is 9.18 Å². The average Bonchev–Trinajstić information content (AvgIpc) is 2.28. The Morgan fingerprint density at radius 1 is 1.53 bits per heavy atom. The van der Waals surface area contributed by atoms with Crippen LogP contribution in [0, 0.1) is 5.82 Å². The van der Waals surface area contributed by atoms with Crippen molar-refractivity contribution in [2.45, 2.75) is 6.92 Å². The van der Waals surface area contributed by atoms with Crippen molar-refractivity contribution in [3.05, 3.63) is 41.2 Å². The highest BCUT2D eigenvalue weighted by atomic mass is 35.5. The van der Waals surface area contributed by atoms with Crippen molar-refractivity contribution < 1.29 is 18.7 Å². The third kappa shape index (κ3) is 4.44. The Morgan fingerprint density at radius 2 is 2.29 bits per heavy atom. The van der Waals surface area contributed by atoms with Crippen molar-refractivity contribution in [3.8, 4) is 5.75 Å². The predicted octanol–water partition coefficient (Wildman–Crippen LogP) is 2.98. The maximum Gasteiger partial charge on any atom is 0.330 e. The molecule has 0 unspecified atom stereocenters. The molecule has 92 valence electrons. The van der Waals surface area contributed by atoms with Gasteiger partial charge >= 0.3 is 5.97 Å². The smallest absolute Gasteiger partial charge is 0.330 e. The van der Waals surface area contributed by atoms with Crippen LogP contribution in [0.3, 0.4) is 0 Å². The summed E-state index contributed by atoms with van der Waals surface area (Å²) in [7, 11) is 0. The van der Waals surface area contributed by atoms with E-state index in [1.165, 1.54) is 30.4 Å². The second-order valence-electron chi connectivity index (χ2n) is 3.02. The SMILES string of the molecule is CCOC(=O)/C=C/COc1c(F)cccc1Cl. The van der Waals surface area contributed by atoms with Crippen molar-refractivity contribution in [2.24, 2.45) is 0 Å². The molecule has 0 aliphatic heterocycles. The minimum Gasteiger partial charge on any atom is -0.485 e. The Kier molecular flexibility index (Phi) is 5.49. The van der Waals surface area contributed by atoms with E-state index in [0.717, 1.165) is 0 Å². The van der Waals surface area contributed by atoms with E-state index in [0.29, 0.717) is 6.61 Å². The van der Waals surface area contributed by atoms with Gasteiger partial charge in [-0.1, -0.05) is 17.7 Å². The second-order valence-corrected chi connectivity index (χ2v) is 3.42. The summed E-state index contributed by atoms with van der Waals surface area (Å²) in [6.45, 7) is 2.06. The molecule has 0 heterocycles. The van der Waals surface area contributed by atoms with Gasteiger partial charge in [0.05, 0.1) is 11.6 Å². The number of rotatable bonds is 5. The number of para-hydroxylation sites is 1. The van der Waals surface area contributed by atoms with Crippen molar-refractivity contribution >= 4 is 17.6 Å². The topological polar surface area (TPSA) is 35.5 Å². The summed E-state index contributed by atoms with van der Waals surface area (Å²) >= 11 is 5.74. The fourth-order valence-corrected chi connectivity index (χ4v) is 1.30. The molecule has 0 N–H and O–H groups in total. The van der Waals surface area contributed by atoms with Gasteiger partial charge in [0.2, 0.25) is 0 Å².